The average Bonchev–Trinajstić information content (AvgIpc) is 2.36. The van der Waals surface area contributed by atoms with Gasteiger partial charge in [0.2, 0.25) is 0 Å². The first-order valence-electron chi connectivity index (χ1n) is 5.38. The van der Waals surface area contributed by atoms with Crippen LogP contribution in [0.25, 0.3) is 0 Å². The van der Waals surface area contributed by atoms with Gasteiger partial charge in [0, 0.05) is 11.8 Å². The van der Waals surface area contributed by atoms with E-state index in [2.05, 4.69) is 4.98 Å². The minimum absolute atomic E-state index is 0.151. The third-order valence-corrected chi connectivity index (χ3v) is 2.90. The average molecular weight is 297 g/mol. The van der Waals surface area contributed by atoms with E-state index in [9.17, 15) is 4.39 Å². The van der Waals surface area contributed by atoms with Crippen LogP contribution >= 0.6 is 23.8 Å². The molecule has 0 bridgehead atoms. The summed E-state index contributed by atoms with van der Waals surface area (Å²) < 4.78 is 18.5. The van der Waals surface area contributed by atoms with E-state index < -0.39 is 5.82 Å². The Morgan fingerprint density at radius 3 is 2.89 bits per heavy atom. The van der Waals surface area contributed by atoms with Crippen molar-refractivity contribution in [1.29, 1.82) is 0 Å². The predicted octanol–water partition coefficient (Wildman–Crippen LogP) is 3.09. The van der Waals surface area contributed by atoms with Gasteiger partial charge < -0.3 is 10.5 Å². The lowest BCUT2D eigenvalue weighted by atomic mass is 10.2. The number of hydrogen-bond acceptors (Lipinski definition) is 3. The first-order chi connectivity index (χ1) is 9.08. The molecule has 1 aromatic carbocycles. The largest absolute Gasteiger partial charge is 0.488 e. The summed E-state index contributed by atoms with van der Waals surface area (Å²) in [7, 11) is 0. The predicted molar refractivity (Wildman–Crippen MR) is 75.9 cm³/mol. The lowest BCUT2D eigenvalue weighted by Gasteiger charge is -2.11. The van der Waals surface area contributed by atoms with Crippen molar-refractivity contribution in [3.63, 3.8) is 0 Å². The standard InChI is InChI=1S/C13H10ClFN2OS/c14-10-2-1-3-11(12(10)13(16)19)18-7-8-4-9(15)6-17-5-8/h1-6H,7H2,(H2,16,19). The highest BCUT2D eigenvalue weighted by Crippen LogP contribution is 2.26. The molecule has 0 aliphatic rings. The molecule has 0 atom stereocenters. The maximum Gasteiger partial charge on any atom is 0.141 e. The van der Waals surface area contributed by atoms with Crippen molar-refractivity contribution in [3.8, 4) is 5.75 Å². The van der Waals surface area contributed by atoms with Gasteiger partial charge in [0.05, 0.1) is 16.8 Å². The minimum atomic E-state index is -0.415. The SMILES string of the molecule is NC(=S)c1c(Cl)cccc1OCc1cncc(F)c1. The van der Waals surface area contributed by atoms with Crippen LogP contribution in [0.4, 0.5) is 4.39 Å². The van der Waals surface area contributed by atoms with Crippen LogP contribution in [0.5, 0.6) is 5.75 Å². The second-order valence-electron chi connectivity index (χ2n) is 3.78. The second kappa shape index (κ2) is 5.95. The van der Waals surface area contributed by atoms with Gasteiger partial charge in [0.25, 0.3) is 0 Å². The molecule has 0 spiro atoms. The first-order valence-corrected chi connectivity index (χ1v) is 6.17. The normalized spacial score (nSPS) is 10.2. The summed E-state index contributed by atoms with van der Waals surface area (Å²) in [5.41, 5.74) is 6.68. The van der Waals surface area contributed by atoms with Crippen LogP contribution in [0.2, 0.25) is 5.02 Å². The van der Waals surface area contributed by atoms with Crippen LogP contribution < -0.4 is 10.5 Å². The summed E-state index contributed by atoms with van der Waals surface area (Å²) in [5.74, 6) is 0.0472. The molecule has 2 N–H and O–H groups in total. The molecule has 2 aromatic rings. The van der Waals surface area contributed by atoms with Crippen LogP contribution in [0.15, 0.2) is 36.7 Å². The van der Waals surface area contributed by atoms with Crippen LogP contribution in [0, 0.1) is 5.82 Å². The number of nitrogens with zero attached hydrogens (tertiary/aromatic N) is 1. The molecule has 19 heavy (non-hydrogen) atoms. The first kappa shape index (κ1) is 13.7. The Hall–Kier alpha value is -1.72. The van der Waals surface area contributed by atoms with Crippen LogP contribution in [-0.2, 0) is 6.61 Å². The Morgan fingerprint density at radius 1 is 1.42 bits per heavy atom. The molecular formula is C13H10ClFN2OS. The Balaban J connectivity index is 2.20. The fraction of sp³-hybridized carbons (Fsp3) is 0.0769. The van der Waals surface area contributed by atoms with Gasteiger partial charge in [0.15, 0.2) is 0 Å². The Bertz CT molecular complexity index is 621. The van der Waals surface area contributed by atoms with Gasteiger partial charge in [0.1, 0.15) is 23.2 Å². The number of pyridine rings is 1. The number of nitrogens with two attached hydrogens (primary N) is 1. The van der Waals surface area contributed by atoms with E-state index in [1.165, 1.54) is 12.3 Å². The zero-order valence-corrected chi connectivity index (χ0v) is 11.3. The van der Waals surface area contributed by atoms with E-state index >= 15 is 0 Å². The van der Waals surface area contributed by atoms with Crippen molar-refractivity contribution >= 4 is 28.8 Å². The monoisotopic (exact) mass is 296 g/mol. The number of ether oxygens (including phenoxy) is 1. The summed E-state index contributed by atoms with van der Waals surface area (Å²) >= 11 is 10.9. The summed E-state index contributed by atoms with van der Waals surface area (Å²) in [6.07, 6.45) is 2.65. The molecule has 0 amide bonds. The number of benzene rings is 1. The Morgan fingerprint density at radius 2 is 2.21 bits per heavy atom. The molecule has 1 heterocycles. The number of aromatic nitrogens is 1. The highest BCUT2D eigenvalue weighted by Gasteiger charge is 2.11. The summed E-state index contributed by atoms with van der Waals surface area (Å²) in [4.78, 5) is 3.89. The van der Waals surface area contributed by atoms with E-state index in [0.29, 0.717) is 21.9 Å². The van der Waals surface area contributed by atoms with Crippen molar-refractivity contribution in [1.82, 2.24) is 4.98 Å². The number of hydrogen-bond donors (Lipinski definition) is 1. The van der Waals surface area contributed by atoms with Crippen molar-refractivity contribution in [2.45, 2.75) is 6.61 Å². The molecule has 0 unspecified atom stereocenters. The number of halogens is 2. The van der Waals surface area contributed by atoms with E-state index in [0.717, 1.165) is 6.20 Å². The minimum Gasteiger partial charge on any atom is -0.488 e. The molecule has 0 radical (unpaired) electrons. The molecule has 1 aromatic heterocycles. The van der Waals surface area contributed by atoms with Crippen molar-refractivity contribution in [2.24, 2.45) is 5.73 Å². The van der Waals surface area contributed by atoms with E-state index in [4.69, 9.17) is 34.3 Å². The smallest absolute Gasteiger partial charge is 0.141 e. The van der Waals surface area contributed by atoms with E-state index in [1.54, 1.807) is 18.2 Å². The van der Waals surface area contributed by atoms with Crippen molar-refractivity contribution < 1.29 is 9.13 Å². The van der Waals surface area contributed by atoms with Crippen LogP contribution in [-0.4, -0.2) is 9.97 Å². The molecule has 0 saturated heterocycles. The number of rotatable bonds is 4. The highest BCUT2D eigenvalue weighted by molar-refractivity contribution is 7.80. The molecule has 98 valence electrons. The lowest BCUT2D eigenvalue weighted by Crippen LogP contribution is -2.12. The van der Waals surface area contributed by atoms with Crippen molar-refractivity contribution in [2.75, 3.05) is 0 Å². The van der Waals surface area contributed by atoms with Gasteiger partial charge in [-0.05, 0) is 18.2 Å². The molecular weight excluding hydrogens is 287 g/mol. The van der Waals surface area contributed by atoms with Gasteiger partial charge >= 0.3 is 0 Å². The summed E-state index contributed by atoms with van der Waals surface area (Å²) in [6, 6.07) is 6.45. The Kier molecular flexibility index (Phi) is 4.29. The van der Waals surface area contributed by atoms with E-state index in [1.807, 2.05) is 0 Å². The second-order valence-corrected chi connectivity index (χ2v) is 4.62. The zero-order valence-electron chi connectivity index (χ0n) is 9.77. The topological polar surface area (TPSA) is 48.1 Å². The Labute approximate surface area is 120 Å². The lowest BCUT2D eigenvalue weighted by molar-refractivity contribution is 0.304. The quantitative estimate of drug-likeness (QED) is 0.881. The van der Waals surface area contributed by atoms with Gasteiger partial charge in [-0.1, -0.05) is 29.9 Å². The van der Waals surface area contributed by atoms with Gasteiger partial charge in [-0.3, -0.25) is 4.98 Å². The maximum absolute atomic E-state index is 13.0. The molecule has 0 saturated carbocycles. The van der Waals surface area contributed by atoms with E-state index in [-0.39, 0.29) is 11.6 Å². The summed E-state index contributed by atoms with van der Waals surface area (Å²) in [6.45, 7) is 0.153. The molecule has 0 aliphatic carbocycles. The van der Waals surface area contributed by atoms with Crippen molar-refractivity contribution in [3.05, 3.63) is 58.6 Å². The zero-order chi connectivity index (χ0) is 13.8. The molecule has 0 aliphatic heterocycles. The fourth-order valence-corrected chi connectivity index (χ4v) is 2.09. The molecule has 6 heteroatoms. The van der Waals surface area contributed by atoms with Crippen LogP contribution in [0.3, 0.4) is 0 Å². The number of thiocarbonyl (C=S) groups is 1. The maximum atomic E-state index is 13.0. The third-order valence-electron chi connectivity index (χ3n) is 2.38. The van der Waals surface area contributed by atoms with Gasteiger partial charge in [-0.15, -0.1) is 0 Å². The molecule has 2 rings (SSSR count). The van der Waals surface area contributed by atoms with Gasteiger partial charge in [-0.25, -0.2) is 4.39 Å². The van der Waals surface area contributed by atoms with Gasteiger partial charge in [-0.2, -0.15) is 0 Å². The molecule has 3 nitrogen and oxygen atoms in total. The fourth-order valence-electron chi connectivity index (χ4n) is 1.56. The third kappa shape index (κ3) is 3.39. The summed E-state index contributed by atoms with van der Waals surface area (Å²) in [5, 5.41) is 0.419. The van der Waals surface area contributed by atoms with Crippen LogP contribution in [0.1, 0.15) is 11.1 Å². The highest BCUT2D eigenvalue weighted by atomic mass is 35.5. The molecule has 0 fully saturated rings.